The Bertz CT molecular complexity index is 365. The summed E-state index contributed by atoms with van der Waals surface area (Å²) in [4.78, 5) is 0. The third-order valence-electron chi connectivity index (χ3n) is 3.57. The van der Waals surface area contributed by atoms with Crippen LogP contribution >= 0.6 is 0 Å². The van der Waals surface area contributed by atoms with Gasteiger partial charge in [0.05, 0.1) is 13.2 Å². The molecule has 1 N–H and O–H groups in total. The van der Waals surface area contributed by atoms with Crippen LogP contribution in [0.1, 0.15) is 30.9 Å². The molecule has 15 heavy (non-hydrogen) atoms. The Labute approximate surface area is 90.9 Å². The van der Waals surface area contributed by atoms with E-state index in [-0.39, 0.29) is 11.5 Å². The van der Waals surface area contributed by atoms with Gasteiger partial charge in [0.15, 0.2) is 0 Å². The molecule has 0 spiro atoms. The molecule has 2 nitrogen and oxygen atoms in total. The Balaban J connectivity index is 2.38. The fourth-order valence-electron chi connectivity index (χ4n) is 2.21. The number of aliphatic hydroxyl groups is 1. The topological polar surface area (TPSA) is 29.5 Å². The molecule has 82 valence electrons. The molecule has 1 aliphatic carbocycles. The number of rotatable bonds is 3. The van der Waals surface area contributed by atoms with Gasteiger partial charge in [0.1, 0.15) is 5.75 Å². The normalized spacial score (nSPS) is 19.7. The van der Waals surface area contributed by atoms with Crippen LogP contribution in [-0.2, 0) is 5.41 Å². The van der Waals surface area contributed by atoms with Gasteiger partial charge >= 0.3 is 0 Å². The Hall–Kier alpha value is -1.02. The summed E-state index contributed by atoms with van der Waals surface area (Å²) in [5, 5.41) is 9.79. The first-order valence-electron chi connectivity index (χ1n) is 5.43. The predicted molar refractivity (Wildman–Crippen MR) is 60.3 cm³/mol. The summed E-state index contributed by atoms with van der Waals surface area (Å²) < 4.78 is 5.31. The second-order valence-corrected chi connectivity index (χ2v) is 4.52. The fraction of sp³-hybridized carbons (Fsp3) is 0.538. The molecule has 1 unspecified atom stereocenters. The maximum Gasteiger partial charge on any atom is 0.122 e. The predicted octanol–water partition coefficient (Wildman–Crippen LogP) is 2.42. The number of hydrogen-bond acceptors (Lipinski definition) is 2. The lowest BCUT2D eigenvalue weighted by atomic mass is 9.90. The van der Waals surface area contributed by atoms with E-state index in [1.165, 1.54) is 5.56 Å². The number of aliphatic hydroxyl groups excluding tert-OH is 1. The minimum absolute atomic E-state index is 0.000972. The molecule has 0 radical (unpaired) electrons. The van der Waals surface area contributed by atoms with Gasteiger partial charge < -0.3 is 9.84 Å². The van der Waals surface area contributed by atoms with Crippen molar-refractivity contribution in [2.45, 2.75) is 38.2 Å². The highest BCUT2D eigenvalue weighted by molar-refractivity contribution is 5.42. The third-order valence-corrected chi connectivity index (χ3v) is 3.57. The van der Waals surface area contributed by atoms with E-state index in [9.17, 15) is 5.11 Å². The van der Waals surface area contributed by atoms with Gasteiger partial charge in [-0.25, -0.2) is 0 Å². The molecule has 1 saturated carbocycles. The van der Waals surface area contributed by atoms with E-state index in [1.54, 1.807) is 7.11 Å². The van der Waals surface area contributed by atoms with Crippen LogP contribution in [0.2, 0.25) is 0 Å². The maximum atomic E-state index is 9.79. The molecule has 0 aliphatic heterocycles. The number of benzene rings is 1. The number of ether oxygens (including phenoxy) is 1. The lowest BCUT2D eigenvalue weighted by molar-refractivity contribution is 0.150. The number of methoxy groups -OCH3 is 1. The molecule has 0 saturated heterocycles. The minimum atomic E-state index is -0.273. The molecular weight excluding hydrogens is 188 g/mol. The second-order valence-electron chi connectivity index (χ2n) is 4.52. The summed E-state index contributed by atoms with van der Waals surface area (Å²) >= 11 is 0. The Morgan fingerprint density at radius 2 is 2.07 bits per heavy atom. The van der Waals surface area contributed by atoms with Gasteiger partial charge in [0.2, 0.25) is 0 Å². The van der Waals surface area contributed by atoms with Gasteiger partial charge in [-0.2, -0.15) is 0 Å². The summed E-state index contributed by atoms with van der Waals surface area (Å²) in [6, 6.07) is 6.24. The van der Waals surface area contributed by atoms with Crippen LogP contribution in [0.25, 0.3) is 0 Å². The van der Waals surface area contributed by atoms with Gasteiger partial charge in [-0.15, -0.1) is 0 Å². The molecule has 1 atom stereocenters. The average molecular weight is 206 g/mol. The van der Waals surface area contributed by atoms with Crippen molar-refractivity contribution in [2.24, 2.45) is 0 Å². The molecule has 1 fully saturated rings. The molecule has 1 aromatic rings. The van der Waals surface area contributed by atoms with Crippen LogP contribution in [0.5, 0.6) is 5.75 Å². The highest BCUT2D eigenvalue weighted by atomic mass is 16.5. The first kappa shape index (κ1) is 10.5. The van der Waals surface area contributed by atoms with Crippen molar-refractivity contribution in [3.8, 4) is 5.75 Å². The zero-order valence-corrected chi connectivity index (χ0v) is 9.58. The van der Waals surface area contributed by atoms with Crippen molar-refractivity contribution < 1.29 is 9.84 Å². The minimum Gasteiger partial charge on any atom is -0.496 e. The van der Waals surface area contributed by atoms with Crippen LogP contribution in [0.4, 0.5) is 0 Å². The average Bonchev–Trinajstić information content (AvgIpc) is 2.99. The first-order valence-corrected chi connectivity index (χ1v) is 5.43. The van der Waals surface area contributed by atoms with Crippen LogP contribution in [0.3, 0.4) is 0 Å². The quantitative estimate of drug-likeness (QED) is 0.823. The molecular formula is C13H18O2. The van der Waals surface area contributed by atoms with Crippen LogP contribution in [0.15, 0.2) is 18.2 Å². The van der Waals surface area contributed by atoms with Crippen LogP contribution < -0.4 is 4.74 Å². The van der Waals surface area contributed by atoms with Crippen molar-refractivity contribution in [2.75, 3.05) is 7.11 Å². The van der Waals surface area contributed by atoms with Gasteiger partial charge in [-0.05, 0) is 43.9 Å². The monoisotopic (exact) mass is 206 g/mol. The Kier molecular flexibility index (Phi) is 2.47. The zero-order valence-electron chi connectivity index (χ0n) is 9.58. The van der Waals surface area contributed by atoms with E-state index >= 15 is 0 Å². The molecule has 0 bridgehead atoms. The summed E-state index contributed by atoms with van der Waals surface area (Å²) in [6.07, 6.45) is 1.89. The third kappa shape index (κ3) is 1.63. The summed E-state index contributed by atoms with van der Waals surface area (Å²) in [6.45, 7) is 3.91. The SMILES string of the molecule is COc1cc(C2(C(C)O)CC2)ccc1C. The molecule has 0 heterocycles. The van der Waals surface area contributed by atoms with Crippen molar-refractivity contribution in [1.82, 2.24) is 0 Å². The van der Waals surface area contributed by atoms with Crippen molar-refractivity contribution in [1.29, 1.82) is 0 Å². The fourth-order valence-corrected chi connectivity index (χ4v) is 2.21. The molecule has 1 aromatic carbocycles. The smallest absolute Gasteiger partial charge is 0.122 e. The van der Waals surface area contributed by atoms with E-state index in [1.807, 2.05) is 13.8 Å². The van der Waals surface area contributed by atoms with Crippen molar-refractivity contribution >= 4 is 0 Å². The van der Waals surface area contributed by atoms with Crippen molar-refractivity contribution in [3.05, 3.63) is 29.3 Å². The maximum absolute atomic E-state index is 9.79. The molecule has 0 amide bonds. The summed E-state index contributed by atoms with van der Waals surface area (Å²) in [7, 11) is 1.69. The van der Waals surface area contributed by atoms with E-state index in [0.717, 1.165) is 24.2 Å². The zero-order chi connectivity index (χ0) is 11.1. The lowest BCUT2D eigenvalue weighted by Gasteiger charge is -2.20. The van der Waals surface area contributed by atoms with E-state index < -0.39 is 0 Å². The molecule has 2 heteroatoms. The standard InChI is InChI=1S/C13H18O2/c1-9-4-5-11(8-12(9)15-3)13(6-7-13)10(2)14/h4-5,8,10,14H,6-7H2,1-3H3. The van der Waals surface area contributed by atoms with Gasteiger partial charge in [-0.1, -0.05) is 12.1 Å². The largest absolute Gasteiger partial charge is 0.496 e. The second kappa shape index (κ2) is 3.53. The van der Waals surface area contributed by atoms with Gasteiger partial charge in [0.25, 0.3) is 0 Å². The molecule has 2 rings (SSSR count). The summed E-state index contributed by atoms with van der Waals surface area (Å²) in [5.74, 6) is 0.916. The van der Waals surface area contributed by atoms with Gasteiger partial charge in [-0.3, -0.25) is 0 Å². The van der Waals surface area contributed by atoms with Crippen LogP contribution in [-0.4, -0.2) is 18.3 Å². The lowest BCUT2D eigenvalue weighted by Crippen LogP contribution is -2.22. The van der Waals surface area contributed by atoms with Gasteiger partial charge in [0, 0.05) is 5.41 Å². The highest BCUT2D eigenvalue weighted by Gasteiger charge is 2.48. The molecule has 1 aliphatic rings. The number of hydrogen-bond donors (Lipinski definition) is 1. The first-order chi connectivity index (χ1) is 7.10. The summed E-state index contributed by atoms with van der Waals surface area (Å²) in [5.41, 5.74) is 2.35. The highest BCUT2D eigenvalue weighted by Crippen LogP contribution is 2.51. The van der Waals surface area contributed by atoms with E-state index in [2.05, 4.69) is 18.2 Å². The van der Waals surface area contributed by atoms with Crippen molar-refractivity contribution in [3.63, 3.8) is 0 Å². The number of aryl methyl sites for hydroxylation is 1. The Morgan fingerprint density at radius 3 is 2.53 bits per heavy atom. The van der Waals surface area contributed by atoms with Crippen LogP contribution in [0, 0.1) is 6.92 Å². The van der Waals surface area contributed by atoms with E-state index in [4.69, 9.17) is 4.74 Å². The Morgan fingerprint density at radius 1 is 1.40 bits per heavy atom. The van der Waals surface area contributed by atoms with E-state index in [0.29, 0.717) is 0 Å². The molecule has 0 aromatic heterocycles.